The van der Waals surface area contributed by atoms with Gasteiger partial charge in [-0.1, -0.05) is 42.5 Å². The van der Waals surface area contributed by atoms with Gasteiger partial charge in [0.25, 0.3) is 0 Å². The molecule has 0 radical (unpaired) electrons. The Morgan fingerprint density at radius 3 is 2.57 bits per heavy atom. The van der Waals surface area contributed by atoms with Crippen molar-refractivity contribution in [2.45, 2.75) is 19.0 Å². The molecule has 0 aliphatic carbocycles. The molecule has 1 N–H and O–H groups in total. The molecule has 0 spiro atoms. The van der Waals surface area contributed by atoms with Crippen molar-refractivity contribution in [3.63, 3.8) is 0 Å². The number of benzene rings is 2. The molecule has 1 atom stereocenters. The maximum atomic E-state index is 14.0. The van der Waals surface area contributed by atoms with E-state index in [-0.39, 0.29) is 11.9 Å². The van der Waals surface area contributed by atoms with Crippen molar-refractivity contribution < 1.29 is 4.39 Å². The number of halogens is 1. The second-order valence-corrected chi connectivity index (χ2v) is 5.62. The molecule has 21 heavy (non-hydrogen) atoms. The van der Waals surface area contributed by atoms with Crippen molar-refractivity contribution in [2.75, 3.05) is 20.1 Å². The number of likely N-dealkylation sites (N-methyl/N-ethyl adjacent to an activating group) is 1. The summed E-state index contributed by atoms with van der Waals surface area (Å²) >= 11 is 0. The molecule has 1 aliphatic rings. The number of hydrogen-bond donors (Lipinski definition) is 1. The van der Waals surface area contributed by atoms with Crippen LogP contribution in [-0.4, -0.2) is 25.0 Å². The third-order valence-electron chi connectivity index (χ3n) is 4.28. The Labute approximate surface area is 125 Å². The summed E-state index contributed by atoms with van der Waals surface area (Å²) in [5, 5.41) is 3.25. The molecular weight excluding hydrogens is 263 g/mol. The Bertz CT molecular complexity index is 612. The molecule has 0 amide bonds. The zero-order valence-corrected chi connectivity index (χ0v) is 12.3. The molecule has 1 heterocycles. The van der Waals surface area contributed by atoms with Gasteiger partial charge in [-0.25, -0.2) is 4.39 Å². The minimum atomic E-state index is -0.130. The SMILES string of the molecule is CNC(CN1CCc2ccccc2C1)c1ccccc1F. The van der Waals surface area contributed by atoms with Gasteiger partial charge in [0.15, 0.2) is 0 Å². The molecule has 110 valence electrons. The first-order chi connectivity index (χ1) is 10.3. The summed E-state index contributed by atoms with van der Waals surface area (Å²) in [5.74, 6) is -0.130. The quantitative estimate of drug-likeness (QED) is 0.928. The number of hydrogen-bond acceptors (Lipinski definition) is 2. The van der Waals surface area contributed by atoms with E-state index >= 15 is 0 Å². The van der Waals surface area contributed by atoms with Crippen LogP contribution in [0.3, 0.4) is 0 Å². The van der Waals surface area contributed by atoms with Crippen molar-refractivity contribution in [3.8, 4) is 0 Å². The van der Waals surface area contributed by atoms with Gasteiger partial charge >= 0.3 is 0 Å². The van der Waals surface area contributed by atoms with Gasteiger partial charge in [0, 0.05) is 31.2 Å². The molecule has 1 unspecified atom stereocenters. The Kier molecular flexibility index (Phi) is 4.32. The van der Waals surface area contributed by atoms with E-state index in [4.69, 9.17) is 0 Å². The Balaban J connectivity index is 1.73. The van der Waals surface area contributed by atoms with Crippen LogP contribution in [0.1, 0.15) is 22.7 Å². The lowest BCUT2D eigenvalue weighted by atomic mass is 9.98. The van der Waals surface area contributed by atoms with Crippen molar-refractivity contribution in [1.82, 2.24) is 10.2 Å². The van der Waals surface area contributed by atoms with Gasteiger partial charge in [0.1, 0.15) is 5.82 Å². The zero-order valence-electron chi connectivity index (χ0n) is 12.3. The summed E-state index contributed by atoms with van der Waals surface area (Å²) in [6.45, 7) is 2.80. The highest BCUT2D eigenvalue weighted by molar-refractivity contribution is 5.29. The van der Waals surface area contributed by atoms with Gasteiger partial charge in [-0.3, -0.25) is 4.90 Å². The van der Waals surface area contributed by atoms with Crippen molar-refractivity contribution >= 4 is 0 Å². The van der Waals surface area contributed by atoms with Crippen LogP contribution in [0, 0.1) is 5.82 Å². The lowest BCUT2D eigenvalue weighted by molar-refractivity contribution is 0.227. The fraction of sp³-hybridized carbons (Fsp3) is 0.333. The second kappa shape index (κ2) is 6.37. The lowest BCUT2D eigenvalue weighted by Crippen LogP contribution is -2.37. The van der Waals surface area contributed by atoms with Crippen LogP contribution < -0.4 is 5.32 Å². The molecule has 3 heteroatoms. The number of fused-ring (bicyclic) bond motifs is 1. The van der Waals surface area contributed by atoms with E-state index in [1.807, 2.05) is 19.2 Å². The van der Waals surface area contributed by atoms with Gasteiger partial charge < -0.3 is 5.32 Å². The van der Waals surface area contributed by atoms with Gasteiger partial charge in [-0.15, -0.1) is 0 Å². The van der Waals surface area contributed by atoms with Gasteiger partial charge in [0.05, 0.1) is 0 Å². The first-order valence-corrected chi connectivity index (χ1v) is 7.49. The molecule has 2 aromatic rings. The van der Waals surface area contributed by atoms with Gasteiger partial charge in [-0.05, 0) is 30.7 Å². The summed E-state index contributed by atoms with van der Waals surface area (Å²) < 4.78 is 14.0. The van der Waals surface area contributed by atoms with Crippen LogP contribution in [0.2, 0.25) is 0 Å². The monoisotopic (exact) mass is 284 g/mol. The van der Waals surface area contributed by atoms with Crippen molar-refractivity contribution in [3.05, 3.63) is 71.0 Å². The zero-order chi connectivity index (χ0) is 14.7. The summed E-state index contributed by atoms with van der Waals surface area (Å²) in [7, 11) is 1.90. The van der Waals surface area contributed by atoms with Crippen LogP contribution in [-0.2, 0) is 13.0 Å². The van der Waals surface area contributed by atoms with Gasteiger partial charge in [-0.2, -0.15) is 0 Å². The van der Waals surface area contributed by atoms with E-state index in [1.54, 1.807) is 6.07 Å². The third-order valence-corrected chi connectivity index (χ3v) is 4.28. The maximum absolute atomic E-state index is 14.0. The highest BCUT2D eigenvalue weighted by Crippen LogP contribution is 2.22. The summed E-state index contributed by atoms with van der Waals surface area (Å²) in [6, 6.07) is 15.7. The van der Waals surface area contributed by atoms with E-state index in [0.29, 0.717) is 0 Å². The minimum Gasteiger partial charge on any atom is -0.312 e. The molecule has 3 rings (SSSR count). The molecule has 0 saturated heterocycles. The first-order valence-electron chi connectivity index (χ1n) is 7.49. The molecule has 2 aromatic carbocycles. The van der Waals surface area contributed by atoms with Crippen LogP contribution in [0.25, 0.3) is 0 Å². The van der Waals surface area contributed by atoms with Crippen molar-refractivity contribution in [1.29, 1.82) is 0 Å². The largest absolute Gasteiger partial charge is 0.312 e. The summed E-state index contributed by atoms with van der Waals surface area (Å²) in [4.78, 5) is 2.40. The lowest BCUT2D eigenvalue weighted by Gasteiger charge is -2.32. The van der Waals surface area contributed by atoms with Crippen LogP contribution in [0.15, 0.2) is 48.5 Å². The van der Waals surface area contributed by atoms with E-state index in [2.05, 4.69) is 34.5 Å². The molecule has 1 aliphatic heterocycles. The highest BCUT2D eigenvalue weighted by atomic mass is 19.1. The average Bonchev–Trinajstić information content (AvgIpc) is 2.53. The topological polar surface area (TPSA) is 15.3 Å². The predicted octanol–water partition coefficient (Wildman–Crippen LogP) is 3.14. The standard InChI is InChI=1S/C18H21FN2/c1-20-18(16-8-4-5-9-17(16)19)13-21-11-10-14-6-2-3-7-15(14)12-21/h2-9,18,20H,10-13H2,1H3. The molecule has 0 saturated carbocycles. The molecule has 0 aromatic heterocycles. The number of nitrogens with zero attached hydrogens (tertiary/aromatic N) is 1. The van der Waals surface area contributed by atoms with Crippen LogP contribution in [0.5, 0.6) is 0 Å². The molecule has 2 nitrogen and oxygen atoms in total. The predicted molar refractivity (Wildman–Crippen MR) is 83.6 cm³/mol. The Morgan fingerprint density at radius 2 is 1.81 bits per heavy atom. The van der Waals surface area contributed by atoms with Crippen molar-refractivity contribution in [2.24, 2.45) is 0 Å². The van der Waals surface area contributed by atoms with E-state index in [9.17, 15) is 4.39 Å². The molecule has 0 bridgehead atoms. The first kappa shape index (κ1) is 14.2. The maximum Gasteiger partial charge on any atom is 0.128 e. The Morgan fingerprint density at radius 1 is 1.10 bits per heavy atom. The fourth-order valence-electron chi connectivity index (χ4n) is 3.07. The molecular formula is C18H21FN2. The second-order valence-electron chi connectivity index (χ2n) is 5.62. The Hall–Kier alpha value is -1.71. The minimum absolute atomic E-state index is 0.0245. The molecule has 0 fully saturated rings. The summed E-state index contributed by atoms with van der Waals surface area (Å²) in [5.41, 5.74) is 3.59. The van der Waals surface area contributed by atoms with Gasteiger partial charge in [0.2, 0.25) is 0 Å². The fourth-order valence-corrected chi connectivity index (χ4v) is 3.07. The smallest absolute Gasteiger partial charge is 0.128 e. The average molecular weight is 284 g/mol. The van der Waals surface area contributed by atoms with Crippen LogP contribution >= 0.6 is 0 Å². The van der Waals surface area contributed by atoms with E-state index < -0.39 is 0 Å². The van der Waals surface area contributed by atoms with E-state index in [1.165, 1.54) is 17.2 Å². The normalized spacial score (nSPS) is 16.5. The number of nitrogens with one attached hydrogen (secondary N) is 1. The third kappa shape index (κ3) is 3.14. The van der Waals surface area contributed by atoms with Crippen LogP contribution in [0.4, 0.5) is 4.39 Å². The highest BCUT2D eigenvalue weighted by Gasteiger charge is 2.21. The van der Waals surface area contributed by atoms with E-state index in [0.717, 1.165) is 31.6 Å². The number of rotatable bonds is 4. The summed E-state index contributed by atoms with van der Waals surface area (Å²) in [6.07, 6.45) is 1.07.